The van der Waals surface area contributed by atoms with E-state index in [0.717, 1.165) is 0 Å². The van der Waals surface area contributed by atoms with E-state index < -0.39 is 29.1 Å². The monoisotopic (exact) mass is 301 g/mol. The molecule has 0 amide bonds. The zero-order valence-corrected chi connectivity index (χ0v) is 11.1. The number of rotatable bonds is 2. The average molecular weight is 301 g/mol. The Kier molecular flexibility index (Phi) is 3.34. The molecule has 0 bridgehead atoms. The first-order valence-electron chi connectivity index (χ1n) is 6.00. The Bertz CT molecular complexity index is 550. The predicted octanol–water partition coefficient (Wildman–Crippen LogP) is -2.06. The Labute approximate surface area is 118 Å². The largest absolute Gasteiger partial charge is 0.395 e. The molecular formula is C10H15N5O4S. The molecule has 0 aromatic carbocycles. The summed E-state index contributed by atoms with van der Waals surface area (Å²) in [6.07, 6.45) is -1.82. The molecule has 0 saturated carbocycles. The van der Waals surface area contributed by atoms with Crippen LogP contribution in [0.25, 0.3) is 0 Å². The van der Waals surface area contributed by atoms with E-state index in [-0.39, 0.29) is 12.6 Å². The molecule has 3 rings (SSSR count). The first-order valence-corrected chi connectivity index (χ1v) is 6.94. The topological polar surface area (TPSA) is 149 Å². The Hall–Kier alpha value is -1.33. The highest BCUT2D eigenvalue weighted by Gasteiger charge is 2.44. The summed E-state index contributed by atoms with van der Waals surface area (Å²) < 4.78 is 1.58. The molecule has 10 heteroatoms. The number of imidazole rings is 1. The maximum absolute atomic E-state index is 10.1. The van der Waals surface area contributed by atoms with E-state index in [9.17, 15) is 20.4 Å². The van der Waals surface area contributed by atoms with Crippen LogP contribution < -0.4 is 11.1 Å². The lowest BCUT2D eigenvalue weighted by Crippen LogP contribution is -2.34. The van der Waals surface area contributed by atoms with E-state index in [1.165, 1.54) is 18.1 Å². The summed E-state index contributed by atoms with van der Waals surface area (Å²) in [4.78, 5) is 7.78. The van der Waals surface area contributed by atoms with Gasteiger partial charge in [0.15, 0.2) is 12.2 Å². The highest BCUT2D eigenvalue weighted by atomic mass is 32.2. The minimum absolute atomic E-state index is 0.0449. The summed E-state index contributed by atoms with van der Waals surface area (Å²) in [5.41, 5.74) is 5.86. The Morgan fingerprint density at radius 3 is 2.75 bits per heavy atom. The van der Waals surface area contributed by atoms with Crippen LogP contribution in [0.15, 0.2) is 11.3 Å². The fourth-order valence-electron chi connectivity index (χ4n) is 2.34. The second-order valence-electron chi connectivity index (χ2n) is 4.63. The number of aliphatic hydroxyl groups excluding tert-OH is 4. The summed E-state index contributed by atoms with van der Waals surface area (Å²) in [6.45, 7) is -0.240. The molecule has 2 unspecified atom stereocenters. The molecule has 1 saturated heterocycles. The van der Waals surface area contributed by atoms with Gasteiger partial charge in [0.25, 0.3) is 0 Å². The molecule has 0 aliphatic carbocycles. The van der Waals surface area contributed by atoms with Crippen molar-refractivity contribution in [3.8, 4) is 0 Å². The summed E-state index contributed by atoms with van der Waals surface area (Å²) >= 11 is 1.23. The molecular weight excluding hydrogens is 286 g/mol. The van der Waals surface area contributed by atoms with E-state index in [0.29, 0.717) is 11.5 Å². The fraction of sp³-hybridized carbons (Fsp3) is 0.600. The van der Waals surface area contributed by atoms with Gasteiger partial charge >= 0.3 is 0 Å². The quantitative estimate of drug-likeness (QED) is 0.365. The van der Waals surface area contributed by atoms with E-state index in [4.69, 9.17) is 5.73 Å². The minimum atomic E-state index is -1.16. The number of hydrogen-bond donors (Lipinski definition) is 6. The molecule has 0 radical (unpaired) electrons. The van der Waals surface area contributed by atoms with Crippen LogP contribution >= 0.6 is 11.8 Å². The number of aliphatic hydroxyl groups is 4. The van der Waals surface area contributed by atoms with Gasteiger partial charge in [-0.2, -0.15) is 0 Å². The van der Waals surface area contributed by atoms with Gasteiger partial charge in [-0.15, -0.1) is 11.8 Å². The van der Waals surface area contributed by atoms with Crippen molar-refractivity contribution in [1.29, 1.82) is 0 Å². The highest BCUT2D eigenvalue weighted by molar-refractivity contribution is 8.00. The van der Waals surface area contributed by atoms with Gasteiger partial charge in [0, 0.05) is 0 Å². The van der Waals surface area contributed by atoms with Crippen molar-refractivity contribution in [2.24, 2.45) is 10.7 Å². The number of nitrogens with two attached hydrogens (primary N) is 1. The summed E-state index contributed by atoms with van der Waals surface area (Å²) in [5.74, 6) is 0.468. The van der Waals surface area contributed by atoms with Crippen LogP contribution in [-0.2, 0) is 0 Å². The lowest BCUT2D eigenvalue weighted by Gasteiger charge is -2.22. The van der Waals surface area contributed by atoms with E-state index >= 15 is 0 Å². The number of aromatic nitrogens is 2. The number of nitrogens with zero attached hydrogens (tertiary/aromatic N) is 3. The third-order valence-corrected chi connectivity index (χ3v) is 4.93. The van der Waals surface area contributed by atoms with Gasteiger partial charge in [-0.1, -0.05) is 0 Å². The predicted molar refractivity (Wildman–Crippen MR) is 71.9 cm³/mol. The number of guanidine groups is 1. The van der Waals surface area contributed by atoms with Crippen molar-refractivity contribution in [3.05, 3.63) is 12.0 Å². The van der Waals surface area contributed by atoms with E-state index in [2.05, 4.69) is 15.3 Å². The van der Waals surface area contributed by atoms with Crippen LogP contribution in [0.1, 0.15) is 17.3 Å². The van der Waals surface area contributed by atoms with Crippen molar-refractivity contribution in [2.45, 2.75) is 29.1 Å². The zero-order valence-electron chi connectivity index (χ0n) is 10.3. The number of thioether (sulfide) groups is 1. The lowest BCUT2D eigenvalue weighted by molar-refractivity contribution is 0.0110. The average Bonchev–Trinajstić information content (AvgIpc) is 2.93. The second kappa shape index (κ2) is 4.90. The number of fused-ring (bicyclic) bond motifs is 1. The summed E-state index contributed by atoms with van der Waals surface area (Å²) in [7, 11) is 0. The van der Waals surface area contributed by atoms with E-state index in [1.54, 1.807) is 4.57 Å². The van der Waals surface area contributed by atoms with Gasteiger partial charge in [-0.3, -0.25) is 0 Å². The fourth-order valence-corrected chi connectivity index (χ4v) is 3.72. The van der Waals surface area contributed by atoms with Crippen LogP contribution in [-0.4, -0.2) is 60.0 Å². The van der Waals surface area contributed by atoms with E-state index in [1.807, 2.05) is 0 Å². The van der Waals surface area contributed by atoms with Crippen LogP contribution in [0.4, 0.5) is 5.82 Å². The minimum Gasteiger partial charge on any atom is -0.395 e. The van der Waals surface area contributed by atoms with Gasteiger partial charge in [0.1, 0.15) is 23.0 Å². The normalized spacial score (nSPS) is 36.4. The van der Waals surface area contributed by atoms with Gasteiger partial charge in [-0.05, 0) is 0 Å². The number of anilines is 1. The van der Waals surface area contributed by atoms with Crippen molar-refractivity contribution < 1.29 is 20.4 Å². The molecule has 0 spiro atoms. The molecule has 5 atom stereocenters. The molecule has 9 nitrogen and oxygen atoms in total. The molecule has 2 aliphatic rings. The molecule has 7 N–H and O–H groups in total. The van der Waals surface area contributed by atoms with Gasteiger partial charge in [0.05, 0.1) is 24.3 Å². The number of nitrogens with one attached hydrogen (secondary N) is 1. The molecule has 3 heterocycles. The van der Waals surface area contributed by atoms with Gasteiger partial charge in [-0.25, -0.2) is 9.98 Å². The number of aliphatic imine (C=N–C) groups is 1. The Balaban J connectivity index is 1.94. The second-order valence-corrected chi connectivity index (χ2v) is 5.99. The summed E-state index contributed by atoms with van der Waals surface area (Å²) in [5, 5.41) is 40.6. The van der Waals surface area contributed by atoms with Crippen LogP contribution in [0, 0.1) is 0 Å². The van der Waals surface area contributed by atoms with Crippen molar-refractivity contribution in [1.82, 2.24) is 9.55 Å². The first kappa shape index (κ1) is 13.6. The molecule has 20 heavy (non-hydrogen) atoms. The maximum atomic E-state index is 10.1. The lowest BCUT2D eigenvalue weighted by atomic mass is 10.1. The van der Waals surface area contributed by atoms with Crippen LogP contribution in [0.3, 0.4) is 0 Å². The van der Waals surface area contributed by atoms with Crippen LogP contribution in [0.2, 0.25) is 0 Å². The van der Waals surface area contributed by atoms with Crippen LogP contribution in [0.5, 0.6) is 0 Å². The molecule has 1 aromatic heterocycles. The SMILES string of the molecule is NC1=NC(O)c2ncn(C3S[C@H](CO)[C@H](O)[C@H]3O)c2N1. The highest BCUT2D eigenvalue weighted by Crippen LogP contribution is 2.44. The third kappa shape index (κ3) is 1.96. The molecule has 1 aromatic rings. The third-order valence-electron chi connectivity index (χ3n) is 3.37. The standard InChI is InChI=1S/C10H15N5O4S/c11-10-13-7-4(8(19)14-10)12-2-15(7)9-6(18)5(17)3(1-16)20-9/h2-3,5-6,8-9,16-19H,1H2,(H3,11,13,14)/t3-,5+,6-,8?,9?/m1/s1. The molecule has 1 fully saturated rings. The zero-order chi connectivity index (χ0) is 14.4. The maximum Gasteiger partial charge on any atom is 0.197 e. The van der Waals surface area contributed by atoms with Gasteiger partial charge < -0.3 is 36.0 Å². The Morgan fingerprint density at radius 2 is 2.10 bits per heavy atom. The van der Waals surface area contributed by atoms with Gasteiger partial charge in [0.2, 0.25) is 0 Å². The number of hydrogen-bond acceptors (Lipinski definition) is 9. The van der Waals surface area contributed by atoms with Crippen molar-refractivity contribution in [3.63, 3.8) is 0 Å². The Morgan fingerprint density at radius 1 is 1.35 bits per heavy atom. The smallest absolute Gasteiger partial charge is 0.197 e. The molecule has 2 aliphatic heterocycles. The first-order chi connectivity index (χ1) is 9.52. The van der Waals surface area contributed by atoms with Crippen molar-refractivity contribution in [2.75, 3.05) is 11.9 Å². The molecule has 110 valence electrons. The summed E-state index contributed by atoms with van der Waals surface area (Å²) in [6, 6.07) is 0. The van der Waals surface area contributed by atoms with Crippen molar-refractivity contribution >= 4 is 23.5 Å².